The van der Waals surface area contributed by atoms with Gasteiger partial charge in [0.15, 0.2) is 0 Å². The SMILES string of the molecule is COc1ccc(/C(O)=C2/C(=O)C(=O)N(c3cc(C)cc(C)c3)C2c2ccccc2)cc1C(C)C. The molecule has 4 rings (SSSR count). The molecule has 0 saturated carbocycles. The Hall–Kier alpha value is -3.86. The third-order valence-electron chi connectivity index (χ3n) is 6.17. The fourth-order valence-corrected chi connectivity index (χ4v) is 4.63. The van der Waals surface area contributed by atoms with Gasteiger partial charge in [0.2, 0.25) is 0 Å². The number of benzene rings is 3. The van der Waals surface area contributed by atoms with E-state index in [1.54, 1.807) is 19.2 Å². The Bertz CT molecular complexity index is 1270. The number of Topliss-reactive ketones (excluding diaryl/α,β-unsaturated/α-hetero) is 1. The first kappa shape index (κ1) is 23.3. The van der Waals surface area contributed by atoms with Gasteiger partial charge in [-0.25, -0.2) is 0 Å². The van der Waals surface area contributed by atoms with E-state index in [0.717, 1.165) is 22.3 Å². The summed E-state index contributed by atoms with van der Waals surface area (Å²) in [5.74, 6) is -0.693. The van der Waals surface area contributed by atoms with E-state index in [-0.39, 0.29) is 17.3 Å². The van der Waals surface area contributed by atoms with Gasteiger partial charge in [0, 0.05) is 11.3 Å². The number of ketones is 1. The highest BCUT2D eigenvalue weighted by atomic mass is 16.5. The summed E-state index contributed by atoms with van der Waals surface area (Å²) in [5.41, 5.74) is 4.82. The summed E-state index contributed by atoms with van der Waals surface area (Å²) in [6, 6.07) is 19.7. The van der Waals surface area contributed by atoms with E-state index in [0.29, 0.717) is 17.0 Å². The summed E-state index contributed by atoms with van der Waals surface area (Å²) in [7, 11) is 1.60. The van der Waals surface area contributed by atoms with Crippen LogP contribution in [0, 0.1) is 13.8 Å². The van der Waals surface area contributed by atoms with Crippen molar-refractivity contribution in [3.8, 4) is 5.75 Å². The molecule has 174 valence electrons. The van der Waals surface area contributed by atoms with E-state index in [4.69, 9.17) is 4.74 Å². The molecule has 1 heterocycles. The molecule has 5 nitrogen and oxygen atoms in total. The Kier molecular flexibility index (Phi) is 6.29. The Morgan fingerprint density at radius 3 is 2.18 bits per heavy atom. The molecule has 1 N–H and O–H groups in total. The van der Waals surface area contributed by atoms with Crippen LogP contribution < -0.4 is 9.64 Å². The van der Waals surface area contributed by atoms with E-state index in [2.05, 4.69) is 0 Å². The number of carbonyl (C=O) groups excluding carboxylic acids is 2. The lowest BCUT2D eigenvalue weighted by Gasteiger charge is -2.26. The number of aliphatic hydroxyl groups excluding tert-OH is 1. The number of carbonyl (C=O) groups is 2. The van der Waals surface area contributed by atoms with Crippen LogP contribution in [0.4, 0.5) is 5.69 Å². The average Bonchev–Trinajstić information content (AvgIpc) is 3.08. The molecule has 3 aromatic rings. The maximum absolute atomic E-state index is 13.4. The van der Waals surface area contributed by atoms with Crippen LogP contribution in [-0.2, 0) is 9.59 Å². The summed E-state index contributed by atoms with van der Waals surface area (Å²) >= 11 is 0. The summed E-state index contributed by atoms with van der Waals surface area (Å²) in [4.78, 5) is 28.2. The van der Waals surface area contributed by atoms with E-state index < -0.39 is 17.7 Å². The number of aryl methyl sites for hydroxylation is 2. The molecule has 0 bridgehead atoms. The number of anilines is 1. The second kappa shape index (κ2) is 9.18. The zero-order valence-electron chi connectivity index (χ0n) is 20.1. The molecule has 1 unspecified atom stereocenters. The molecule has 1 atom stereocenters. The minimum atomic E-state index is -0.744. The van der Waals surface area contributed by atoms with E-state index in [1.807, 2.05) is 82.3 Å². The van der Waals surface area contributed by atoms with Crippen molar-refractivity contribution in [2.75, 3.05) is 12.0 Å². The van der Waals surface area contributed by atoms with Crippen molar-refractivity contribution >= 4 is 23.1 Å². The minimum Gasteiger partial charge on any atom is -0.507 e. The maximum Gasteiger partial charge on any atom is 0.300 e. The second-order valence-corrected chi connectivity index (χ2v) is 9.04. The molecule has 0 radical (unpaired) electrons. The third kappa shape index (κ3) is 4.10. The van der Waals surface area contributed by atoms with Crippen LogP contribution >= 0.6 is 0 Å². The number of rotatable bonds is 5. The lowest BCUT2D eigenvalue weighted by Crippen LogP contribution is -2.29. The van der Waals surface area contributed by atoms with Crippen LogP contribution in [0.5, 0.6) is 5.75 Å². The zero-order chi connectivity index (χ0) is 24.6. The quantitative estimate of drug-likeness (QED) is 0.288. The molecule has 0 spiro atoms. The van der Waals surface area contributed by atoms with Gasteiger partial charge in [-0.15, -0.1) is 0 Å². The fourth-order valence-electron chi connectivity index (χ4n) is 4.63. The molecular formula is C29H29NO4. The minimum absolute atomic E-state index is 0.0789. The summed E-state index contributed by atoms with van der Waals surface area (Å²) < 4.78 is 5.47. The van der Waals surface area contributed by atoms with Crippen molar-refractivity contribution in [1.29, 1.82) is 0 Å². The van der Waals surface area contributed by atoms with Crippen molar-refractivity contribution in [2.45, 2.75) is 39.7 Å². The first-order valence-electron chi connectivity index (χ1n) is 11.4. The summed E-state index contributed by atoms with van der Waals surface area (Å²) in [6.07, 6.45) is 0. The lowest BCUT2D eigenvalue weighted by atomic mass is 9.93. The van der Waals surface area contributed by atoms with E-state index in [9.17, 15) is 14.7 Å². The number of amides is 1. The zero-order valence-corrected chi connectivity index (χ0v) is 20.1. The predicted octanol–water partition coefficient (Wildman–Crippen LogP) is 6.06. The lowest BCUT2D eigenvalue weighted by molar-refractivity contribution is -0.132. The molecule has 1 fully saturated rings. The van der Waals surface area contributed by atoms with Crippen LogP contribution in [0.15, 0.2) is 72.3 Å². The van der Waals surface area contributed by atoms with Gasteiger partial charge in [-0.1, -0.05) is 50.2 Å². The molecule has 3 aromatic carbocycles. The normalized spacial score (nSPS) is 17.5. The molecule has 34 heavy (non-hydrogen) atoms. The van der Waals surface area contributed by atoms with Crippen LogP contribution in [0.3, 0.4) is 0 Å². The van der Waals surface area contributed by atoms with Gasteiger partial charge >= 0.3 is 0 Å². The summed E-state index contributed by atoms with van der Waals surface area (Å²) in [6.45, 7) is 7.97. The van der Waals surface area contributed by atoms with Crippen molar-refractivity contribution in [1.82, 2.24) is 0 Å². The number of hydrogen-bond acceptors (Lipinski definition) is 4. The van der Waals surface area contributed by atoms with Crippen LogP contribution in [0.25, 0.3) is 5.76 Å². The molecule has 1 amide bonds. The third-order valence-corrected chi connectivity index (χ3v) is 6.17. The highest BCUT2D eigenvalue weighted by Crippen LogP contribution is 2.43. The highest BCUT2D eigenvalue weighted by Gasteiger charge is 2.47. The van der Waals surface area contributed by atoms with Gasteiger partial charge in [0.05, 0.1) is 18.7 Å². The van der Waals surface area contributed by atoms with Gasteiger partial charge in [0.1, 0.15) is 11.5 Å². The number of ether oxygens (including phenoxy) is 1. The Morgan fingerprint density at radius 2 is 1.59 bits per heavy atom. The Balaban J connectivity index is 1.95. The molecule has 1 aliphatic heterocycles. The second-order valence-electron chi connectivity index (χ2n) is 9.04. The van der Waals surface area contributed by atoms with Crippen molar-refractivity contribution in [2.24, 2.45) is 0 Å². The molecule has 1 aliphatic rings. The Morgan fingerprint density at radius 1 is 0.941 bits per heavy atom. The number of methoxy groups -OCH3 is 1. The summed E-state index contributed by atoms with van der Waals surface area (Å²) in [5, 5.41) is 11.4. The predicted molar refractivity (Wildman–Crippen MR) is 134 cm³/mol. The Labute approximate surface area is 200 Å². The fraction of sp³-hybridized carbons (Fsp3) is 0.241. The maximum atomic E-state index is 13.4. The number of aliphatic hydroxyl groups is 1. The van der Waals surface area contributed by atoms with Crippen LogP contribution in [0.1, 0.15) is 53.6 Å². The van der Waals surface area contributed by atoms with Crippen molar-refractivity contribution < 1.29 is 19.4 Å². The number of nitrogens with zero attached hydrogens (tertiary/aromatic N) is 1. The standard InChI is InChI=1S/C29H29NO4/c1-17(2)23-16-21(11-12-24(23)34-5)27(31)25-26(20-9-7-6-8-10-20)30(29(33)28(25)32)22-14-18(3)13-19(4)15-22/h6-17,26,31H,1-5H3/b27-25-. The molecule has 1 saturated heterocycles. The average molecular weight is 456 g/mol. The van der Waals surface area contributed by atoms with Gasteiger partial charge < -0.3 is 9.84 Å². The highest BCUT2D eigenvalue weighted by molar-refractivity contribution is 6.51. The van der Waals surface area contributed by atoms with Gasteiger partial charge in [0.25, 0.3) is 11.7 Å². The van der Waals surface area contributed by atoms with E-state index >= 15 is 0 Å². The number of hydrogen-bond donors (Lipinski definition) is 1. The van der Waals surface area contributed by atoms with Gasteiger partial charge in [-0.3, -0.25) is 14.5 Å². The molecule has 5 heteroatoms. The molecular weight excluding hydrogens is 426 g/mol. The smallest absolute Gasteiger partial charge is 0.300 e. The van der Waals surface area contributed by atoms with Gasteiger partial charge in [-0.2, -0.15) is 0 Å². The first-order chi connectivity index (χ1) is 16.2. The van der Waals surface area contributed by atoms with Crippen molar-refractivity contribution in [3.05, 3.63) is 100 Å². The largest absolute Gasteiger partial charge is 0.507 e. The monoisotopic (exact) mass is 455 g/mol. The van der Waals surface area contributed by atoms with Crippen molar-refractivity contribution in [3.63, 3.8) is 0 Å². The molecule has 0 aliphatic carbocycles. The van der Waals surface area contributed by atoms with Crippen LogP contribution in [-0.4, -0.2) is 23.9 Å². The van der Waals surface area contributed by atoms with Gasteiger partial charge in [-0.05, 0) is 72.4 Å². The topological polar surface area (TPSA) is 66.8 Å². The molecule has 0 aromatic heterocycles. The first-order valence-corrected chi connectivity index (χ1v) is 11.4. The van der Waals surface area contributed by atoms with Crippen LogP contribution in [0.2, 0.25) is 0 Å². The van der Waals surface area contributed by atoms with E-state index in [1.165, 1.54) is 4.90 Å².